The Morgan fingerprint density at radius 2 is 1.30 bits per heavy atom. The van der Waals surface area contributed by atoms with Gasteiger partial charge in [-0.1, -0.05) is 0 Å². The second kappa shape index (κ2) is 12.8. The van der Waals surface area contributed by atoms with Gasteiger partial charge < -0.3 is 80.1 Å². The van der Waals surface area contributed by atoms with Gasteiger partial charge in [-0.3, -0.25) is 4.79 Å². The number of hydrogen-bond donors (Lipinski definition) is 11. The maximum Gasteiger partial charge on any atom is 0.217 e. The molecule has 3 aliphatic rings. The second-order valence-corrected chi connectivity index (χ2v) is 9.11. The summed E-state index contributed by atoms with van der Waals surface area (Å²) in [5, 5.41) is 103. The van der Waals surface area contributed by atoms with Crippen molar-refractivity contribution in [3.8, 4) is 0 Å². The van der Waals surface area contributed by atoms with E-state index >= 15 is 0 Å². The number of aliphatic hydroxyl groups excluding tert-OH is 10. The van der Waals surface area contributed by atoms with Crippen molar-refractivity contribution in [3.05, 3.63) is 0 Å². The van der Waals surface area contributed by atoms with Crippen LogP contribution in [0.15, 0.2) is 0 Å². The Balaban J connectivity index is 1.71. The third-order valence-electron chi connectivity index (χ3n) is 6.47. The summed E-state index contributed by atoms with van der Waals surface area (Å²) in [6.07, 6.45) is -23.0. The summed E-state index contributed by atoms with van der Waals surface area (Å²) in [7, 11) is 0. The number of carbonyl (C=O) groups excluding carboxylic acids is 1. The first kappa shape index (κ1) is 30.4. The summed E-state index contributed by atoms with van der Waals surface area (Å²) >= 11 is 0. The fourth-order valence-corrected chi connectivity index (χ4v) is 4.36. The fourth-order valence-electron chi connectivity index (χ4n) is 4.36. The quantitative estimate of drug-likeness (QED) is 0.135. The van der Waals surface area contributed by atoms with Crippen LogP contribution >= 0.6 is 0 Å². The third kappa shape index (κ3) is 6.55. The molecule has 17 nitrogen and oxygen atoms in total. The summed E-state index contributed by atoms with van der Waals surface area (Å²) in [6.45, 7) is -0.926. The maximum absolute atomic E-state index is 11.6. The number of aliphatic hydroxyl groups is 10. The Morgan fingerprint density at radius 3 is 1.89 bits per heavy atom. The number of ether oxygens (including phenoxy) is 5. The minimum atomic E-state index is -1.88. The van der Waals surface area contributed by atoms with Gasteiger partial charge in [0.05, 0.1) is 19.8 Å². The molecule has 3 aliphatic heterocycles. The summed E-state index contributed by atoms with van der Waals surface area (Å²) in [5.41, 5.74) is 0. The van der Waals surface area contributed by atoms with Crippen LogP contribution in [0.4, 0.5) is 0 Å². The van der Waals surface area contributed by atoms with Crippen LogP contribution in [0.5, 0.6) is 0 Å². The molecule has 0 aromatic carbocycles. The molecule has 0 aromatic heterocycles. The smallest absolute Gasteiger partial charge is 0.217 e. The number of nitrogens with one attached hydrogen (secondary N) is 1. The molecule has 0 aliphatic carbocycles. The van der Waals surface area contributed by atoms with Gasteiger partial charge in [-0.2, -0.15) is 0 Å². The topological polar surface area (TPSA) is 278 Å². The first-order valence-corrected chi connectivity index (χ1v) is 11.6. The summed E-state index contributed by atoms with van der Waals surface area (Å²) in [6, 6.07) is -1.30. The van der Waals surface area contributed by atoms with Gasteiger partial charge in [0.15, 0.2) is 18.9 Å². The molecule has 17 heteroatoms. The van der Waals surface area contributed by atoms with Crippen LogP contribution in [-0.2, 0) is 28.5 Å². The monoisotopic (exact) mass is 545 g/mol. The zero-order valence-electron chi connectivity index (χ0n) is 19.7. The minimum Gasteiger partial charge on any atom is -0.394 e. The molecule has 11 N–H and O–H groups in total. The molecule has 1 amide bonds. The van der Waals surface area contributed by atoms with Crippen molar-refractivity contribution in [1.82, 2.24) is 5.32 Å². The molecule has 37 heavy (non-hydrogen) atoms. The largest absolute Gasteiger partial charge is 0.394 e. The molecule has 3 heterocycles. The molecule has 0 radical (unpaired) electrons. The van der Waals surface area contributed by atoms with E-state index in [1.54, 1.807) is 0 Å². The van der Waals surface area contributed by atoms with Gasteiger partial charge in [-0.15, -0.1) is 0 Å². The molecule has 0 aromatic rings. The van der Waals surface area contributed by atoms with Crippen LogP contribution < -0.4 is 5.32 Å². The molecule has 1 unspecified atom stereocenters. The normalized spacial score (nSPS) is 49.0. The maximum atomic E-state index is 11.6. The third-order valence-corrected chi connectivity index (χ3v) is 6.47. The van der Waals surface area contributed by atoms with E-state index in [0.717, 1.165) is 6.92 Å². The molecular weight excluding hydrogens is 510 g/mol. The zero-order chi connectivity index (χ0) is 27.6. The predicted molar refractivity (Wildman–Crippen MR) is 113 cm³/mol. The highest BCUT2D eigenvalue weighted by molar-refractivity contribution is 5.73. The standard InChI is InChI=1S/C20H35NO16/c1-5(24)21-9-12(27)10(25)6(2-22)35-19(9)33-4-8-11(26)13(28)16(31)20(36-8)37-17-7(3-23)34-18(32)15(30)14(17)29/h6-20,22-23,25-32H,2-4H2,1H3,(H,21,24)/t6-,7-,8-,9-,10+,11-,12+,13-,14+,15-,16-,17+,18?,19+,20-/m0/s1. The summed E-state index contributed by atoms with van der Waals surface area (Å²) < 4.78 is 26.9. The van der Waals surface area contributed by atoms with Crippen molar-refractivity contribution >= 4 is 5.91 Å². The summed E-state index contributed by atoms with van der Waals surface area (Å²) in [4.78, 5) is 11.6. The first-order valence-electron chi connectivity index (χ1n) is 11.6. The lowest BCUT2D eigenvalue weighted by Crippen LogP contribution is -2.66. The van der Waals surface area contributed by atoms with Crippen LogP contribution in [-0.4, -0.2) is 169 Å². The molecule has 0 spiro atoms. The van der Waals surface area contributed by atoms with Gasteiger partial charge >= 0.3 is 0 Å². The van der Waals surface area contributed by atoms with Crippen LogP contribution in [0.2, 0.25) is 0 Å². The van der Waals surface area contributed by atoms with Crippen molar-refractivity contribution in [2.24, 2.45) is 0 Å². The molecule has 0 saturated carbocycles. The molecule has 3 saturated heterocycles. The minimum absolute atomic E-state index is 0.596. The fraction of sp³-hybridized carbons (Fsp3) is 0.950. The molecular formula is C20H35NO16. The molecule has 0 bridgehead atoms. The van der Waals surface area contributed by atoms with E-state index < -0.39 is 118 Å². The molecule has 3 rings (SSSR count). The number of rotatable bonds is 8. The van der Waals surface area contributed by atoms with E-state index in [2.05, 4.69) is 5.32 Å². The van der Waals surface area contributed by atoms with E-state index in [-0.39, 0.29) is 0 Å². The molecule has 15 atom stereocenters. The van der Waals surface area contributed by atoms with Gasteiger partial charge in [0.1, 0.15) is 73.2 Å². The van der Waals surface area contributed by atoms with E-state index in [9.17, 15) is 55.9 Å². The van der Waals surface area contributed by atoms with Crippen LogP contribution in [0.1, 0.15) is 6.92 Å². The number of amides is 1. The van der Waals surface area contributed by atoms with Crippen LogP contribution in [0, 0.1) is 0 Å². The van der Waals surface area contributed by atoms with Crippen molar-refractivity contribution in [3.63, 3.8) is 0 Å². The van der Waals surface area contributed by atoms with Crippen molar-refractivity contribution in [2.45, 2.75) is 99.0 Å². The Hall–Kier alpha value is -1.13. The predicted octanol–water partition coefficient (Wildman–Crippen LogP) is -7.43. The van der Waals surface area contributed by atoms with Crippen LogP contribution in [0.3, 0.4) is 0 Å². The van der Waals surface area contributed by atoms with E-state index in [1.807, 2.05) is 0 Å². The Labute approximate surface area is 210 Å². The highest BCUT2D eigenvalue weighted by atomic mass is 16.7. The van der Waals surface area contributed by atoms with E-state index in [4.69, 9.17) is 23.7 Å². The lowest BCUT2D eigenvalue weighted by Gasteiger charge is -2.46. The second-order valence-electron chi connectivity index (χ2n) is 9.11. The molecule has 3 fully saturated rings. The Kier molecular flexibility index (Phi) is 10.5. The Bertz CT molecular complexity index is 745. The zero-order valence-corrected chi connectivity index (χ0v) is 19.7. The van der Waals surface area contributed by atoms with Crippen molar-refractivity contribution in [1.29, 1.82) is 0 Å². The van der Waals surface area contributed by atoms with Crippen molar-refractivity contribution < 1.29 is 79.5 Å². The highest BCUT2D eigenvalue weighted by Crippen LogP contribution is 2.30. The lowest BCUT2D eigenvalue weighted by atomic mass is 9.96. The Morgan fingerprint density at radius 1 is 0.703 bits per heavy atom. The van der Waals surface area contributed by atoms with E-state index in [0.29, 0.717) is 0 Å². The molecule has 216 valence electrons. The van der Waals surface area contributed by atoms with Crippen LogP contribution in [0.25, 0.3) is 0 Å². The first-order chi connectivity index (χ1) is 17.4. The van der Waals surface area contributed by atoms with Crippen molar-refractivity contribution in [2.75, 3.05) is 19.8 Å². The number of carbonyl (C=O) groups is 1. The summed E-state index contributed by atoms with van der Waals surface area (Å²) in [5.74, 6) is -0.601. The lowest BCUT2D eigenvalue weighted by molar-refractivity contribution is -0.360. The SMILES string of the molecule is CC(=O)N[C@@H]1[C@H](OC[C@@H]2O[C@@H](O[C@H]3[C@H](O)[C@H](O)C(O)O[C@H]3CO)[C@@H](O)[C@@H](O)[C@H]2O)O[C@@H](CO)[C@@H](O)[C@@H]1O. The average molecular weight is 545 g/mol. The highest BCUT2D eigenvalue weighted by Gasteiger charge is 2.51. The number of hydrogen-bond acceptors (Lipinski definition) is 16. The van der Waals surface area contributed by atoms with Gasteiger partial charge in [-0.25, -0.2) is 0 Å². The van der Waals surface area contributed by atoms with Gasteiger partial charge in [0.2, 0.25) is 5.91 Å². The van der Waals surface area contributed by atoms with E-state index in [1.165, 1.54) is 0 Å². The van der Waals surface area contributed by atoms with Gasteiger partial charge in [0, 0.05) is 6.92 Å². The van der Waals surface area contributed by atoms with Gasteiger partial charge in [-0.05, 0) is 0 Å². The average Bonchev–Trinajstić information content (AvgIpc) is 2.86. The van der Waals surface area contributed by atoms with Gasteiger partial charge in [0.25, 0.3) is 0 Å².